The average molecular weight is 404 g/mol. The molecule has 0 radical (unpaired) electrons. The third-order valence-corrected chi connectivity index (χ3v) is 5.68. The van der Waals surface area contributed by atoms with Crippen LogP contribution in [0.5, 0.6) is 0 Å². The summed E-state index contributed by atoms with van der Waals surface area (Å²) in [6.45, 7) is 8.52. The second-order valence-electron chi connectivity index (χ2n) is 8.94. The molecule has 0 saturated carbocycles. The van der Waals surface area contributed by atoms with Gasteiger partial charge in [0, 0.05) is 18.2 Å². The van der Waals surface area contributed by atoms with Gasteiger partial charge in [-0.15, -0.1) is 0 Å². The smallest absolute Gasteiger partial charge is 0.325 e. The molecule has 0 aliphatic carbocycles. The molecule has 30 heavy (non-hydrogen) atoms. The van der Waals surface area contributed by atoms with Crippen molar-refractivity contribution in [3.63, 3.8) is 0 Å². The fourth-order valence-electron chi connectivity index (χ4n) is 4.31. The van der Waals surface area contributed by atoms with Gasteiger partial charge < -0.3 is 9.15 Å². The van der Waals surface area contributed by atoms with E-state index in [0.717, 1.165) is 16.9 Å². The third kappa shape index (κ3) is 4.05. The number of fused-ring (bicyclic) bond motifs is 1. The summed E-state index contributed by atoms with van der Waals surface area (Å²) in [4.78, 5) is 15.8. The second-order valence-corrected chi connectivity index (χ2v) is 8.94. The van der Waals surface area contributed by atoms with Crippen LogP contribution in [0.15, 0.2) is 77.4 Å². The highest BCUT2D eigenvalue weighted by Crippen LogP contribution is 2.43. The third-order valence-electron chi connectivity index (χ3n) is 5.68. The van der Waals surface area contributed by atoms with Crippen LogP contribution < -0.4 is 0 Å². The van der Waals surface area contributed by atoms with Crippen LogP contribution in [0, 0.1) is 0 Å². The Kier molecular flexibility index (Phi) is 5.52. The van der Waals surface area contributed by atoms with Crippen molar-refractivity contribution in [2.24, 2.45) is 0 Å². The molecule has 0 N–H and O–H groups in total. The molecule has 1 aliphatic heterocycles. The fourth-order valence-corrected chi connectivity index (χ4v) is 4.31. The summed E-state index contributed by atoms with van der Waals surface area (Å²) in [5.74, 6) is 0.403. The maximum Gasteiger partial charge on any atom is 0.325 e. The number of ether oxygens (including phenoxy) is 1. The molecule has 0 amide bonds. The Morgan fingerprint density at radius 1 is 1.03 bits per heavy atom. The van der Waals surface area contributed by atoms with Gasteiger partial charge in [-0.25, -0.2) is 0 Å². The molecule has 0 spiro atoms. The van der Waals surface area contributed by atoms with Crippen molar-refractivity contribution in [3.8, 4) is 0 Å². The molecule has 1 aromatic heterocycles. The minimum atomic E-state index is -0.566. The van der Waals surface area contributed by atoms with Crippen molar-refractivity contribution < 1.29 is 13.9 Å². The van der Waals surface area contributed by atoms with Crippen molar-refractivity contribution in [1.82, 2.24) is 4.90 Å². The van der Waals surface area contributed by atoms with Crippen LogP contribution in [0.2, 0.25) is 0 Å². The van der Waals surface area contributed by atoms with E-state index in [9.17, 15) is 4.79 Å². The summed E-state index contributed by atoms with van der Waals surface area (Å²) < 4.78 is 11.8. The molecular formula is C26H29NO3. The lowest BCUT2D eigenvalue weighted by Gasteiger charge is -2.43. The number of carbonyl (C=O) groups excluding carboxylic acids is 1. The average Bonchev–Trinajstić information content (AvgIpc) is 3.20. The van der Waals surface area contributed by atoms with Crippen molar-refractivity contribution in [1.29, 1.82) is 0 Å². The van der Waals surface area contributed by atoms with Gasteiger partial charge in [0.2, 0.25) is 0 Å². The number of rotatable bonds is 4. The highest BCUT2D eigenvalue weighted by atomic mass is 16.6. The number of hydrogen-bond donors (Lipinski definition) is 0. The summed E-state index contributed by atoms with van der Waals surface area (Å²) in [7, 11) is 0. The molecule has 0 bridgehead atoms. The topological polar surface area (TPSA) is 42.7 Å². The van der Waals surface area contributed by atoms with Crippen LogP contribution in [-0.2, 0) is 16.1 Å². The molecule has 2 heterocycles. The molecular weight excluding hydrogens is 374 g/mol. The number of furan rings is 1. The summed E-state index contributed by atoms with van der Waals surface area (Å²) in [5, 5.41) is 0. The van der Waals surface area contributed by atoms with Crippen molar-refractivity contribution >= 4 is 5.97 Å². The van der Waals surface area contributed by atoms with Crippen LogP contribution in [0.4, 0.5) is 0 Å². The van der Waals surface area contributed by atoms with E-state index in [1.165, 1.54) is 5.56 Å². The molecule has 0 fully saturated rings. The fraction of sp³-hybridized carbons (Fsp3) is 0.346. The lowest BCUT2D eigenvalue weighted by atomic mass is 9.82. The zero-order chi connectivity index (χ0) is 21.3. The van der Waals surface area contributed by atoms with E-state index in [1.54, 1.807) is 6.26 Å². The maximum atomic E-state index is 13.6. The predicted molar refractivity (Wildman–Crippen MR) is 117 cm³/mol. The van der Waals surface area contributed by atoms with Gasteiger partial charge in [0.05, 0.1) is 12.2 Å². The molecule has 2 aromatic carbocycles. The highest BCUT2D eigenvalue weighted by molar-refractivity contribution is 5.79. The Bertz CT molecular complexity index is 988. The Morgan fingerprint density at radius 3 is 2.30 bits per heavy atom. The normalized spacial score (nSPS) is 20.4. The van der Waals surface area contributed by atoms with E-state index in [2.05, 4.69) is 36.1 Å². The van der Waals surface area contributed by atoms with Crippen LogP contribution >= 0.6 is 0 Å². The van der Waals surface area contributed by atoms with E-state index < -0.39 is 11.6 Å². The first-order valence-corrected chi connectivity index (χ1v) is 10.5. The summed E-state index contributed by atoms with van der Waals surface area (Å²) in [6.07, 6.45) is 1.73. The molecule has 3 atom stereocenters. The number of hydrogen-bond acceptors (Lipinski definition) is 4. The SMILES string of the molecule is C[C@H](c1ccccc1)N1Cc2ccoc2[C@H](c2ccccc2)[C@H]1C(=O)OC(C)(C)C. The molecule has 0 unspecified atom stereocenters. The zero-order valence-corrected chi connectivity index (χ0v) is 18.0. The van der Waals surface area contributed by atoms with Crippen LogP contribution in [-0.4, -0.2) is 22.5 Å². The number of benzene rings is 2. The van der Waals surface area contributed by atoms with E-state index in [1.807, 2.05) is 63.2 Å². The van der Waals surface area contributed by atoms with Gasteiger partial charge in [0.25, 0.3) is 0 Å². The van der Waals surface area contributed by atoms with Crippen LogP contribution in [0.1, 0.15) is 62.1 Å². The lowest BCUT2D eigenvalue weighted by Crippen LogP contribution is -2.51. The van der Waals surface area contributed by atoms with E-state index >= 15 is 0 Å². The van der Waals surface area contributed by atoms with Crippen LogP contribution in [0.3, 0.4) is 0 Å². The molecule has 3 aromatic rings. The van der Waals surface area contributed by atoms with Crippen molar-refractivity contribution in [2.75, 3.05) is 0 Å². The van der Waals surface area contributed by atoms with E-state index in [0.29, 0.717) is 6.54 Å². The maximum absolute atomic E-state index is 13.6. The first-order valence-electron chi connectivity index (χ1n) is 10.5. The van der Waals surface area contributed by atoms with Gasteiger partial charge in [-0.3, -0.25) is 9.69 Å². The monoisotopic (exact) mass is 403 g/mol. The molecule has 0 saturated heterocycles. The molecule has 1 aliphatic rings. The molecule has 4 nitrogen and oxygen atoms in total. The largest absolute Gasteiger partial charge is 0.468 e. The Balaban J connectivity index is 1.83. The first kappa shape index (κ1) is 20.4. The van der Waals surface area contributed by atoms with Gasteiger partial charge in [0.15, 0.2) is 0 Å². The number of carbonyl (C=O) groups is 1. The second kappa shape index (κ2) is 8.11. The van der Waals surface area contributed by atoms with Crippen molar-refractivity contribution in [3.05, 3.63) is 95.4 Å². The summed E-state index contributed by atoms with van der Waals surface area (Å²) in [5.41, 5.74) is 2.77. The highest BCUT2D eigenvalue weighted by Gasteiger charge is 2.46. The summed E-state index contributed by atoms with van der Waals surface area (Å²) >= 11 is 0. The quantitative estimate of drug-likeness (QED) is 0.524. The Hall–Kier alpha value is -2.85. The number of esters is 1. The molecule has 4 rings (SSSR count). The zero-order valence-electron chi connectivity index (χ0n) is 18.0. The number of nitrogens with zero attached hydrogens (tertiary/aromatic N) is 1. The standard InChI is InChI=1S/C26H29NO3/c1-18(19-11-7-5-8-12-19)27-17-21-15-16-29-24(21)22(20-13-9-6-10-14-20)23(27)25(28)30-26(2,3)4/h5-16,18,22-23H,17H2,1-4H3/t18-,22-,23+/m1/s1. The van der Waals surface area contributed by atoms with E-state index in [-0.39, 0.29) is 17.9 Å². The van der Waals surface area contributed by atoms with Gasteiger partial charge in [-0.1, -0.05) is 60.7 Å². The Labute approximate surface area is 178 Å². The first-order chi connectivity index (χ1) is 14.3. The lowest BCUT2D eigenvalue weighted by molar-refractivity contribution is -0.164. The summed E-state index contributed by atoms with van der Waals surface area (Å²) in [6, 6.07) is 22.0. The van der Waals surface area contributed by atoms with Crippen molar-refractivity contribution in [2.45, 2.75) is 57.8 Å². The minimum Gasteiger partial charge on any atom is -0.468 e. The molecule has 4 heteroatoms. The van der Waals surface area contributed by atoms with Gasteiger partial charge >= 0.3 is 5.97 Å². The minimum absolute atomic E-state index is 0.0398. The molecule has 156 valence electrons. The van der Waals surface area contributed by atoms with E-state index in [4.69, 9.17) is 9.15 Å². The van der Waals surface area contributed by atoms with Gasteiger partial charge in [-0.05, 0) is 44.9 Å². The predicted octanol–water partition coefficient (Wildman–Crippen LogP) is 5.70. The Morgan fingerprint density at radius 2 is 1.67 bits per heavy atom. The van der Waals surface area contributed by atoms with Crippen LogP contribution in [0.25, 0.3) is 0 Å². The van der Waals surface area contributed by atoms with Gasteiger partial charge in [-0.2, -0.15) is 0 Å². The van der Waals surface area contributed by atoms with Gasteiger partial charge in [0.1, 0.15) is 17.4 Å².